The second-order valence-electron chi connectivity index (χ2n) is 7.23. The molecular weight excluding hydrogens is 384 g/mol. The summed E-state index contributed by atoms with van der Waals surface area (Å²) in [5.41, 5.74) is 3.57. The molecule has 2 aromatic carbocycles. The Labute approximate surface area is 174 Å². The van der Waals surface area contributed by atoms with Gasteiger partial charge in [-0.2, -0.15) is 0 Å². The number of aryl methyl sites for hydroxylation is 1. The summed E-state index contributed by atoms with van der Waals surface area (Å²) in [6.07, 6.45) is 0. The fourth-order valence-electron chi connectivity index (χ4n) is 2.99. The number of benzene rings is 2. The van der Waals surface area contributed by atoms with Crippen LogP contribution >= 0.6 is 0 Å². The van der Waals surface area contributed by atoms with E-state index in [1.54, 1.807) is 23.9 Å². The number of carbonyl (C=O) groups excluding carboxylic acids is 2. The molecule has 0 unspecified atom stereocenters. The number of nitrogens with zero attached hydrogens (tertiary/aromatic N) is 3. The topological polar surface area (TPSA) is 110 Å². The Balaban J connectivity index is 1.59. The maximum atomic E-state index is 12.2. The highest BCUT2D eigenvalue weighted by Gasteiger charge is 2.12. The van der Waals surface area contributed by atoms with Crippen molar-refractivity contribution in [2.75, 3.05) is 19.0 Å². The zero-order chi connectivity index (χ0) is 21.7. The highest BCUT2D eigenvalue weighted by molar-refractivity contribution is 5.97. The minimum absolute atomic E-state index is 0.0564. The molecule has 1 heterocycles. The lowest BCUT2D eigenvalue weighted by Gasteiger charge is -2.12. The molecule has 158 valence electrons. The lowest BCUT2D eigenvalue weighted by molar-refractivity contribution is 0.0943. The van der Waals surface area contributed by atoms with Crippen LogP contribution in [0.4, 0.5) is 10.5 Å². The first kappa shape index (κ1) is 21.1. The van der Waals surface area contributed by atoms with Gasteiger partial charge in [0.1, 0.15) is 11.3 Å². The number of amides is 3. The van der Waals surface area contributed by atoms with Crippen LogP contribution in [0, 0.1) is 6.92 Å². The number of hydrogen-bond acceptors (Lipinski definition) is 5. The molecule has 9 nitrogen and oxygen atoms in total. The number of hydrogen-bond donors (Lipinski definition) is 3. The Bertz CT molecular complexity index is 1060. The zero-order valence-electron chi connectivity index (χ0n) is 17.5. The van der Waals surface area contributed by atoms with Gasteiger partial charge < -0.3 is 20.7 Å². The van der Waals surface area contributed by atoms with Gasteiger partial charge in [0.15, 0.2) is 0 Å². The predicted molar refractivity (Wildman–Crippen MR) is 115 cm³/mol. The average Bonchev–Trinajstić information content (AvgIpc) is 3.10. The molecule has 0 aliphatic rings. The molecule has 0 radical (unpaired) electrons. The number of methoxy groups -OCH3 is 1. The fraction of sp³-hybridized carbons (Fsp3) is 0.333. The molecule has 9 heteroatoms. The molecule has 0 aliphatic carbocycles. The molecule has 30 heavy (non-hydrogen) atoms. The second kappa shape index (κ2) is 9.25. The van der Waals surface area contributed by atoms with Crippen LogP contribution in [0.2, 0.25) is 0 Å². The number of ether oxygens (including phenoxy) is 1. The van der Waals surface area contributed by atoms with Crippen molar-refractivity contribution in [3.8, 4) is 5.75 Å². The van der Waals surface area contributed by atoms with Crippen molar-refractivity contribution in [1.29, 1.82) is 0 Å². The molecular formula is C21H26N6O3. The SMILES string of the molecule is COc1ccc(C)cc1NC(=O)NCCn1nnc2cc(C(=O)NC(C)C)ccc21. The summed E-state index contributed by atoms with van der Waals surface area (Å²) in [7, 11) is 1.56. The number of carbonyl (C=O) groups is 2. The summed E-state index contributed by atoms with van der Waals surface area (Å²) in [6, 6.07) is 10.5. The van der Waals surface area contributed by atoms with Crippen LogP contribution in [0.25, 0.3) is 11.0 Å². The van der Waals surface area contributed by atoms with Crippen LogP contribution in [0.5, 0.6) is 5.75 Å². The fourth-order valence-corrected chi connectivity index (χ4v) is 2.99. The minimum Gasteiger partial charge on any atom is -0.495 e. The van der Waals surface area contributed by atoms with Gasteiger partial charge in [-0.05, 0) is 56.7 Å². The highest BCUT2D eigenvalue weighted by Crippen LogP contribution is 2.24. The van der Waals surface area contributed by atoms with E-state index in [0.29, 0.717) is 35.6 Å². The second-order valence-corrected chi connectivity index (χ2v) is 7.23. The summed E-state index contributed by atoms with van der Waals surface area (Å²) in [5, 5.41) is 16.7. The summed E-state index contributed by atoms with van der Waals surface area (Å²) < 4.78 is 6.95. The van der Waals surface area contributed by atoms with E-state index in [9.17, 15) is 9.59 Å². The normalized spacial score (nSPS) is 10.8. The van der Waals surface area contributed by atoms with Crippen molar-refractivity contribution in [2.45, 2.75) is 33.4 Å². The lowest BCUT2D eigenvalue weighted by Crippen LogP contribution is -2.31. The third-order valence-electron chi connectivity index (χ3n) is 4.41. The first-order chi connectivity index (χ1) is 14.4. The Kier molecular flexibility index (Phi) is 6.51. The van der Waals surface area contributed by atoms with E-state index in [-0.39, 0.29) is 18.0 Å². The van der Waals surface area contributed by atoms with Gasteiger partial charge >= 0.3 is 6.03 Å². The predicted octanol–water partition coefficient (Wildman–Crippen LogP) is 2.71. The number of aromatic nitrogens is 3. The molecule has 3 N–H and O–H groups in total. The molecule has 3 amide bonds. The Morgan fingerprint density at radius 1 is 1.17 bits per heavy atom. The van der Waals surface area contributed by atoms with Gasteiger partial charge in [0, 0.05) is 18.2 Å². The van der Waals surface area contributed by atoms with Gasteiger partial charge in [-0.3, -0.25) is 4.79 Å². The van der Waals surface area contributed by atoms with E-state index < -0.39 is 0 Å². The smallest absolute Gasteiger partial charge is 0.319 e. The van der Waals surface area contributed by atoms with Gasteiger partial charge in [-0.15, -0.1) is 5.10 Å². The number of fused-ring (bicyclic) bond motifs is 1. The molecule has 0 saturated heterocycles. The van der Waals surface area contributed by atoms with E-state index in [1.807, 2.05) is 45.0 Å². The van der Waals surface area contributed by atoms with Gasteiger partial charge in [0.25, 0.3) is 5.91 Å². The van der Waals surface area contributed by atoms with Crippen LogP contribution < -0.4 is 20.7 Å². The maximum absolute atomic E-state index is 12.2. The Hall–Kier alpha value is -3.62. The molecule has 0 saturated carbocycles. The molecule has 0 atom stereocenters. The lowest BCUT2D eigenvalue weighted by atomic mass is 10.2. The first-order valence-corrected chi connectivity index (χ1v) is 9.71. The molecule has 1 aromatic heterocycles. The third-order valence-corrected chi connectivity index (χ3v) is 4.41. The van der Waals surface area contributed by atoms with Crippen LogP contribution in [0.15, 0.2) is 36.4 Å². The van der Waals surface area contributed by atoms with Crippen LogP contribution in [-0.4, -0.2) is 46.6 Å². The number of anilines is 1. The molecule has 0 fully saturated rings. The average molecular weight is 410 g/mol. The molecule has 0 aliphatic heterocycles. The summed E-state index contributed by atoms with van der Waals surface area (Å²) in [6.45, 7) is 6.55. The van der Waals surface area contributed by atoms with Crippen LogP contribution in [-0.2, 0) is 6.54 Å². The number of nitrogens with one attached hydrogen (secondary N) is 3. The van der Waals surface area contributed by atoms with E-state index in [2.05, 4.69) is 26.3 Å². The molecule has 3 aromatic rings. The van der Waals surface area contributed by atoms with Gasteiger partial charge in [0.2, 0.25) is 0 Å². The standard InChI is InChI=1S/C21H26N6O3/c1-13(2)23-20(28)15-6-7-18-16(12-15)25-26-27(18)10-9-22-21(29)24-17-11-14(3)5-8-19(17)30-4/h5-8,11-13H,9-10H2,1-4H3,(H,23,28)(H2,22,24,29). The summed E-state index contributed by atoms with van der Waals surface area (Å²) in [4.78, 5) is 24.4. The number of rotatable bonds is 7. The van der Waals surface area contributed by atoms with Crippen molar-refractivity contribution in [2.24, 2.45) is 0 Å². The van der Waals surface area contributed by atoms with E-state index >= 15 is 0 Å². The van der Waals surface area contributed by atoms with E-state index in [1.165, 1.54) is 0 Å². The summed E-state index contributed by atoms with van der Waals surface area (Å²) >= 11 is 0. The third kappa shape index (κ3) is 5.05. The van der Waals surface area contributed by atoms with Crippen molar-refractivity contribution < 1.29 is 14.3 Å². The van der Waals surface area contributed by atoms with Crippen molar-refractivity contribution >= 4 is 28.7 Å². The van der Waals surface area contributed by atoms with Crippen molar-refractivity contribution in [3.63, 3.8) is 0 Å². The molecule has 3 rings (SSSR count). The van der Waals surface area contributed by atoms with Gasteiger partial charge in [0.05, 0.1) is 24.9 Å². The largest absolute Gasteiger partial charge is 0.495 e. The van der Waals surface area contributed by atoms with E-state index in [0.717, 1.165) is 11.1 Å². The number of urea groups is 1. The summed E-state index contributed by atoms with van der Waals surface area (Å²) in [5.74, 6) is 0.446. The Morgan fingerprint density at radius 2 is 1.97 bits per heavy atom. The minimum atomic E-state index is -0.337. The highest BCUT2D eigenvalue weighted by atomic mass is 16.5. The first-order valence-electron chi connectivity index (χ1n) is 9.71. The Morgan fingerprint density at radius 3 is 2.70 bits per heavy atom. The monoisotopic (exact) mass is 410 g/mol. The van der Waals surface area contributed by atoms with Gasteiger partial charge in [-0.1, -0.05) is 11.3 Å². The van der Waals surface area contributed by atoms with Crippen molar-refractivity contribution in [3.05, 3.63) is 47.5 Å². The molecule has 0 bridgehead atoms. The van der Waals surface area contributed by atoms with Crippen LogP contribution in [0.3, 0.4) is 0 Å². The maximum Gasteiger partial charge on any atom is 0.319 e. The molecule has 0 spiro atoms. The van der Waals surface area contributed by atoms with E-state index in [4.69, 9.17) is 4.74 Å². The quantitative estimate of drug-likeness (QED) is 0.555. The zero-order valence-corrected chi connectivity index (χ0v) is 17.5. The van der Waals surface area contributed by atoms with Crippen molar-refractivity contribution in [1.82, 2.24) is 25.6 Å². The van der Waals surface area contributed by atoms with Crippen LogP contribution in [0.1, 0.15) is 29.8 Å². The van der Waals surface area contributed by atoms with Gasteiger partial charge in [-0.25, -0.2) is 9.48 Å².